The molecule has 1 aliphatic heterocycles. The standard InChI is InChI=1S/C6H12O5/c1-10-6-5(9)4(8)3(7)2-11-6/h3-9H,2H2,1H3/t3-,4+,5?,6-/m1/s1. The Morgan fingerprint density at radius 3 is 2.45 bits per heavy atom. The molecule has 0 aromatic carbocycles. The molecule has 0 amide bonds. The van der Waals surface area contributed by atoms with Crippen LogP contribution in [0.4, 0.5) is 0 Å². The van der Waals surface area contributed by atoms with Gasteiger partial charge in [0.25, 0.3) is 0 Å². The monoisotopic (exact) mass is 164 g/mol. The van der Waals surface area contributed by atoms with Crippen LogP contribution in [0, 0.1) is 0 Å². The van der Waals surface area contributed by atoms with E-state index in [4.69, 9.17) is 20.1 Å². The van der Waals surface area contributed by atoms with Crippen molar-refractivity contribution in [2.45, 2.75) is 24.6 Å². The van der Waals surface area contributed by atoms with Crippen molar-refractivity contribution in [3.05, 3.63) is 0 Å². The Kier molecular flexibility index (Phi) is 2.80. The molecule has 1 unspecified atom stereocenters. The Hall–Kier alpha value is -0.200. The summed E-state index contributed by atoms with van der Waals surface area (Å²) in [5, 5.41) is 27.2. The van der Waals surface area contributed by atoms with E-state index in [-0.39, 0.29) is 6.61 Å². The largest absolute Gasteiger partial charge is 0.388 e. The number of ether oxygens (including phenoxy) is 2. The van der Waals surface area contributed by atoms with E-state index in [2.05, 4.69) is 4.74 Å². The minimum absolute atomic E-state index is 0.0171. The molecule has 0 aromatic rings. The summed E-state index contributed by atoms with van der Waals surface area (Å²) in [7, 11) is 1.36. The molecule has 66 valence electrons. The number of rotatable bonds is 1. The molecule has 4 atom stereocenters. The van der Waals surface area contributed by atoms with Gasteiger partial charge in [-0.2, -0.15) is 0 Å². The maximum atomic E-state index is 9.15. The molecule has 1 aliphatic rings. The van der Waals surface area contributed by atoms with E-state index in [1.807, 2.05) is 0 Å². The number of hydrogen-bond acceptors (Lipinski definition) is 5. The van der Waals surface area contributed by atoms with Crippen LogP contribution in [0.5, 0.6) is 0 Å². The number of aliphatic hydroxyl groups excluding tert-OH is 3. The quantitative estimate of drug-likeness (QED) is 0.420. The fourth-order valence-corrected chi connectivity index (χ4v) is 0.987. The van der Waals surface area contributed by atoms with Crippen molar-refractivity contribution >= 4 is 0 Å². The Bertz CT molecular complexity index is 126. The highest BCUT2D eigenvalue weighted by Gasteiger charge is 2.37. The minimum atomic E-state index is -1.19. The zero-order valence-corrected chi connectivity index (χ0v) is 6.17. The molecule has 0 bridgehead atoms. The third-order valence-corrected chi connectivity index (χ3v) is 1.69. The summed E-state index contributed by atoms with van der Waals surface area (Å²) < 4.78 is 9.52. The Morgan fingerprint density at radius 1 is 1.27 bits per heavy atom. The lowest BCUT2D eigenvalue weighted by Gasteiger charge is -2.33. The van der Waals surface area contributed by atoms with Gasteiger partial charge in [0.2, 0.25) is 0 Å². The molecule has 5 nitrogen and oxygen atoms in total. The average molecular weight is 164 g/mol. The third kappa shape index (κ3) is 1.69. The number of methoxy groups -OCH3 is 1. The highest BCUT2D eigenvalue weighted by molar-refractivity contribution is 4.81. The van der Waals surface area contributed by atoms with Crippen LogP contribution >= 0.6 is 0 Å². The zero-order chi connectivity index (χ0) is 8.43. The molecule has 11 heavy (non-hydrogen) atoms. The van der Waals surface area contributed by atoms with Crippen molar-refractivity contribution in [1.82, 2.24) is 0 Å². The van der Waals surface area contributed by atoms with Crippen molar-refractivity contribution in [2.24, 2.45) is 0 Å². The summed E-state index contributed by atoms with van der Waals surface area (Å²) in [6.45, 7) is -0.0171. The molecule has 0 saturated carbocycles. The lowest BCUT2D eigenvalue weighted by Crippen LogP contribution is -2.53. The molecule has 3 N–H and O–H groups in total. The van der Waals surface area contributed by atoms with Crippen LogP contribution in [0.3, 0.4) is 0 Å². The molecular formula is C6H12O5. The van der Waals surface area contributed by atoms with E-state index >= 15 is 0 Å². The zero-order valence-electron chi connectivity index (χ0n) is 6.17. The van der Waals surface area contributed by atoms with Crippen LogP contribution in [-0.2, 0) is 9.47 Å². The molecule has 1 saturated heterocycles. The first-order valence-electron chi connectivity index (χ1n) is 3.35. The van der Waals surface area contributed by atoms with E-state index in [9.17, 15) is 0 Å². The fraction of sp³-hybridized carbons (Fsp3) is 1.00. The summed E-state index contributed by atoms with van der Waals surface area (Å²) in [5.74, 6) is 0. The highest BCUT2D eigenvalue weighted by Crippen LogP contribution is 2.15. The van der Waals surface area contributed by atoms with Gasteiger partial charge in [0.1, 0.15) is 18.3 Å². The second kappa shape index (κ2) is 3.46. The molecule has 0 aliphatic carbocycles. The maximum absolute atomic E-state index is 9.15. The number of aliphatic hydroxyl groups is 3. The van der Waals surface area contributed by atoms with E-state index in [1.165, 1.54) is 7.11 Å². The van der Waals surface area contributed by atoms with E-state index < -0.39 is 24.6 Å². The van der Waals surface area contributed by atoms with Gasteiger partial charge >= 0.3 is 0 Å². The molecule has 1 fully saturated rings. The molecular weight excluding hydrogens is 152 g/mol. The van der Waals surface area contributed by atoms with Gasteiger partial charge in [-0.05, 0) is 0 Å². The summed E-state index contributed by atoms with van der Waals surface area (Å²) in [6, 6.07) is 0. The van der Waals surface area contributed by atoms with Crippen LogP contribution in [-0.4, -0.2) is 53.6 Å². The van der Waals surface area contributed by atoms with Gasteiger partial charge in [0.05, 0.1) is 6.61 Å². The Morgan fingerprint density at radius 2 is 1.91 bits per heavy atom. The van der Waals surface area contributed by atoms with Crippen LogP contribution in [0.2, 0.25) is 0 Å². The van der Waals surface area contributed by atoms with E-state index in [1.54, 1.807) is 0 Å². The van der Waals surface area contributed by atoms with Gasteiger partial charge < -0.3 is 24.8 Å². The van der Waals surface area contributed by atoms with Gasteiger partial charge in [0, 0.05) is 7.11 Å². The summed E-state index contributed by atoms with van der Waals surface area (Å²) in [4.78, 5) is 0. The fourth-order valence-electron chi connectivity index (χ4n) is 0.987. The molecule has 1 heterocycles. The third-order valence-electron chi connectivity index (χ3n) is 1.69. The molecule has 0 spiro atoms. The predicted octanol–water partition coefficient (Wildman–Crippen LogP) is -1.93. The van der Waals surface area contributed by atoms with Crippen LogP contribution in [0.15, 0.2) is 0 Å². The molecule has 5 heteroatoms. The Labute approximate surface area is 64.2 Å². The minimum Gasteiger partial charge on any atom is -0.388 e. The van der Waals surface area contributed by atoms with Gasteiger partial charge in [-0.15, -0.1) is 0 Å². The van der Waals surface area contributed by atoms with E-state index in [0.29, 0.717) is 0 Å². The topological polar surface area (TPSA) is 79.2 Å². The van der Waals surface area contributed by atoms with Gasteiger partial charge in [-0.3, -0.25) is 0 Å². The molecule has 0 radical (unpaired) electrons. The molecule has 1 rings (SSSR count). The van der Waals surface area contributed by atoms with Crippen molar-refractivity contribution in [3.8, 4) is 0 Å². The van der Waals surface area contributed by atoms with Crippen molar-refractivity contribution < 1.29 is 24.8 Å². The average Bonchev–Trinajstić information content (AvgIpc) is 2.01. The molecule has 0 aromatic heterocycles. The number of hydrogen-bond donors (Lipinski definition) is 3. The second-order valence-electron chi connectivity index (χ2n) is 2.49. The van der Waals surface area contributed by atoms with Gasteiger partial charge in [-0.25, -0.2) is 0 Å². The van der Waals surface area contributed by atoms with Gasteiger partial charge in [-0.1, -0.05) is 0 Å². The Balaban J connectivity index is 2.52. The normalized spacial score (nSPS) is 45.8. The summed E-state index contributed by atoms with van der Waals surface area (Å²) in [6.07, 6.45) is -4.23. The van der Waals surface area contributed by atoms with Crippen molar-refractivity contribution in [3.63, 3.8) is 0 Å². The van der Waals surface area contributed by atoms with Crippen LogP contribution in [0.1, 0.15) is 0 Å². The maximum Gasteiger partial charge on any atom is 0.185 e. The van der Waals surface area contributed by atoms with Crippen LogP contribution < -0.4 is 0 Å². The first-order chi connectivity index (χ1) is 5.16. The van der Waals surface area contributed by atoms with E-state index in [0.717, 1.165) is 0 Å². The lowest BCUT2D eigenvalue weighted by molar-refractivity contribution is -0.261. The first kappa shape index (κ1) is 8.89. The second-order valence-corrected chi connectivity index (χ2v) is 2.49. The highest BCUT2D eigenvalue weighted by atomic mass is 16.7. The van der Waals surface area contributed by atoms with Gasteiger partial charge in [0.15, 0.2) is 6.29 Å². The lowest BCUT2D eigenvalue weighted by atomic mass is 10.1. The predicted molar refractivity (Wildman–Crippen MR) is 34.8 cm³/mol. The SMILES string of the molecule is CO[C@@H]1OC[C@@H](O)[C@H](O)C1O. The van der Waals surface area contributed by atoms with Crippen molar-refractivity contribution in [2.75, 3.05) is 13.7 Å². The summed E-state index contributed by atoms with van der Waals surface area (Å²) >= 11 is 0. The smallest absolute Gasteiger partial charge is 0.185 e. The van der Waals surface area contributed by atoms with Crippen LogP contribution in [0.25, 0.3) is 0 Å². The van der Waals surface area contributed by atoms with Crippen molar-refractivity contribution in [1.29, 1.82) is 0 Å². The summed E-state index contributed by atoms with van der Waals surface area (Å²) in [5.41, 5.74) is 0. The first-order valence-corrected chi connectivity index (χ1v) is 3.35.